The van der Waals surface area contributed by atoms with Crippen LogP contribution in [-0.2, 0) is 0 Å². The van der Waals surface area contributed by atoms with Crippen molar-refractivity contribution in [2.24, 2.45) is 11.3 Å². The van der Waals surface area contributed by atoms with Crippen LogP contribution in [0.3, 0.4) is 0 Å². The van der Waals surface area contributed by atoms with Gasteiger partial charge in [0.2, 0.25) is 0 Å². The molecule has 0 aliphatic heterocycles. The van der Waals surface area contributed by atoms with Gasteiger partial charge >= 0.3 is 0 Å². The van der Waals surface area contributed by atoms with Gasteiger partial charge in [0.15, 0.2) is 0 Å². The molecule has 23 heavy (non-hydrogen) atoms. The van der Waals surface area contributed by atoms with E-state index in [1.165, 1.54) is 16.7 Å². The Morgan fingerprint density at radius 2 is 1.91 bits per heavy atom. The van der Waals surface area contributed by atoms with E-state index >= 15 is 0 Å². The molecule has 1 atom stereocenters. The van der Waals surface area contributed by atoms with E-state index in [1.54, 1.807) is 0 Å². The zero-order valence-corrected chi connectivity index (χ0v) is 15.3. The quantitative estimate of drug-likeness (QED) is 0.295. The van der Waals surface area contributed by atoms with E-state index in [4.69, 9.17) is 0 Å². The smallest absolute Gasteiger partial charge is 0.00226 e. The van der Waals surface area contributed by atoms with E-state index in [1.807, 2.05) is 31.2 Å². The molecule has 0 saturated carbocycles. The van der Waals surface area contributed by atoms with E-state index in [-0.39, 0.29) is 5.41 Å². The molecule has 1 aliphatic rings. The molecule has 0 heteroatoms. The van der Waals surface area contributed by atoms with Crippen molar-refractivity contribution in [3.05, 3.63) is 89.8 Å². The Morgan fingerprint density at radius 1 is 1.22 bits per heavy atom. The van der Waals surface area contributed by atoms with Crippen LogP contribution in [0.1, 0.15) is 41.0 Å². The van der Waals surface area contributed by atoms with Gasteiger partial charge in [-0.05, 0) is 50.2 Å². The van der Waals surface area contributed by atoms with Crippen molar-refractivity contribution in [1.82, 2.24) is 0 Å². The summed E-state index contributed by atoms with van der Waals surface area (Å²) in [7, 11) is 0. The summed E-state index contributed by atoms with van der Waals surface area (Å²) in [6.45, 7) is 18.6. The molecule has 0 N–H and O–H groups in total. The lowest BCUT2D eigenvalue weighted by Gasteiger charge is -2.34. The van der Waals surface area contributed by atoms with Crippen molar-refractivity contribution in [3.8, 4) is 0 Å². The predicted molar refractivity (Wildman–Crippen MR) is 104 cm³/mol. The number of hydrogen-bond acceptors (Lipinski definition) is 0. The fraction of sp³-hybridized carbons (Fsp3) is 0.348. The van der Waals surface area contributed by atoms with Crippen molar-refractivity contribution in [2.45, 2.75) is 41.0 Å². The molecule has 1 rings (SSSR count). The van der Waals surface area contributed by atoms with Gasteiger partial charge in [-0.25, -0.2) is 0 Å². The van der Waals surface area contributed by atoms with E-state index in [0.29, 0.717) is 5.92 Å². The molecule has 0 spiro atoms. The highest BCUT2D eigenvalue weighted by molar-refractivity contribution is 5.39. The average molecular weight is 306 g/mol. The van der Waals surface area contributed by atoms with Crippen LogP contribution in [0.5, 0.6) is 0 Å². The fourth-order valence-corrected chi connectivity index (χ4v) is 2.88. The van der Waals surface area contributed by atoms with Crippen molar-refractivity contribution in [2.75, 3.05) is 0 Å². The molecule has 0 aromatic heterocycles. The Labute approximate surface area is 142 Å². The van der Waals surface area contributed by atoms with Crippen molar-refractivity contribution < 1.29 is 0 Å². The maximum atomic E-state index is 3.93. The largest absolute Gasteiger partial charge is 0.116 e. The summed E-state index contributed by atoms with van der Waals surface area (Å²) in [5.74, 6) is 0.468. The number of hydrogen-bond donors (Lipinski definition) is 0. The van der Waals surface area contributed by atoms with Crippen LogP contribution in [0.15, 0.2) is 89.8 Å². The SMILES string of the molecule is C=C/C(C)=C/C=C/C(C)=C/C=C=C1C(C)=CC(C=C)CC1(C)C. The first kappa shape index (κ1) is 19.0. The van der Waals surface area contributed by atoms with Gasteiger partial charge in [0.05, 0.1) is 0 Å². The predicted octanol–water partition coefficient (Wildman–Crippen LogP) is 6.88. The summed E-state index contributed by atoms with van der Waals surface area (Å²) in [4.78, 5) is 0. The molecule has 0 heterocycles. The Kier molecular flexibility index (Phi) is 7.07. The van der Waals surface area contributed by atoms with Crippen molar-refractivity contribution in [1.29, 1.82) is 0 Å². The van der Waals surface area contributed by atoms with Gasteiger partial charge < -0.3 is 0 Å². The molecule has 0 aromatic carbocycles. The van der Waals surface area contributed by atoms with Crippen LogP contribution in [0, 0.1) is 11.3 Å². The molecule has 0 bridgehead atoms. The third-order valence-corrected chi connectivity index (χ3v) is 4.20. The molecular weight excluding hydrogens is 276 g/mol. The molecular formula is C23H30. The Hall–Kier alpha value is -2.04. The minimum atomic E-state index is 0.135. The third-order valence-electron chi connectivity index (χ3n) is 4.20. The first-order valence-electron chi connectivity index (χ1n) is 8.23. The van der Waals surface area contributed by atoms with Gasteiger partial charge in [0.25, 0.3) is 0 Å². The molecule has 0 fully saturated rings. The van der Waals surface area contributed by atoms with Crippen LogP contribution >= 0.6 is 0 Å². The summed E-state index contributed by atoms with van der Waals surface area (Å²) in [6, 6.07) is 0. The monoisotopic (exact) mass is 306 g/mol. The topological polar surface area (TPSA) is 0 Å². The Bertz CT molecular complexity index is 636. The molecule has 0 radical (unpaired) electrons. The van der Waals surface area contributed by atoms with Crippen LogP contribution in [0.4, 0.5) is 0 Å². The highest BCUT2D eigenvalue weighted by Gasteiger charge is 2.30. The van der Waals surface area contributed by atoms with Gasteiger partial charge in [-0.1, -0.05) is 74.1 Å². The van der Waals surface area contributed by atoms with Gasteiger partial charge in [-0.2, -0.15) is 0 Å². The minimum absolute atomic E-state index is 0.135. The molecule has 1 aliphatic carbocycles. The summed E-state index contributed by atoms with van der Waals surface area (Å²) < 4.78 is 0. The van der Waals surface area contributed by atoms with Gasteiger partial charge in [-0.15, -0.1) is 12.3 Å². The van der Waals surface area contributed by atoms with E-state index in [9.17, 15) is 0 Å². The first-order chi connectivity index (χ1) is 10.8. The second-order valence-corrected chi connectivity index (χ2v) is 6.91. The first-order valence-corrected chi connectivity index (χ1v) is 8.23. The van der Waals surface area contributed by atoms with E-state index in [0.717, 1.165) is 12.0 Å². The normalized spacial score (nSPS) is 21.7. The van der Waals surface area contributed by atoms with E-state index in [2.05, 4.69) is 70.9 Å². The van der Waals surface area contributed by atoms with Gasteiger partial charge in [0.1, 0.15) is 0 Å². The summed E-state index contributed by atoms with van der Waals surface area (Å²) in [5.41, 5.74) is 8.60. The standard InChI is InChI=1S/C23H30/c1-8-18(3)12-10-13-19(4)14-11-15-22-20(5)16-21(9-2)17-23(22,6)7/h8-14,16,21H,1-2,17H2,3-7H3/b13-10+,18-12+,19-14+. The number of rotatable bonds is 5. The maximum absolute atomic E-state index is 3.93. The zero-order valence-electron chi connectivity index (χ0n) is 15.3. The van der Waals surface area contributed by atoms with Crippen LogP contribution in [-0.4, -0.2) is 0 Å². The summed E-state index contributed by atoms with van der Waals surface area (Å²) in [5, 5.41) is 0. The van der Waals surface area contributed by atoms with Gasteiger partial charge in [0, 0.05) is 5.57 Å². The average Bonchev–Trinajstić information content (AvgIpc) is 2.49. The fourth-order valence-electron chi connectivity index (χ4n) is 2.88. The summed E-state index contributed by atoms with van der Waals surface area (Å²) >= 11 is 0. The lowest BCUT2D eigenvalue weighted by molar-refractivity contribution is 0.368. The van der Waals surface area contributed by atoms with Crippen molar-refractivity contribution in [3.63, 3.8) is 0 Å². The maximum Gasteiger partial charge on any atom is 0.00226 e. The van der Waals surface area contributed by atoms with Crippen molar-refractivity contribution >= 4 is 0 Å². The Morgan fingerprint density at radius 3 is 2.48 bits per heavy atom. The van der Waals surface area contributed by atoms with Crippen LogP contribution < -0.4 is 0 Å². The van der Waals surface area contributed by atoms with Gasteiger partial charge in [-0.3, -0.25) is 0 Å². The lowest BCUT2D eigenvalue weighted by Crippen LogP contribution is -2.23. The lowest BCUT2D eigenvalue weighted by atomic mass is 9.70. The zero-order chi connectivity index (χ0) is 17.5. The number of allylic oxidation sites excluding steroid dienone is 11. The summed E-state index contributed by atoms with van der Waals surface area (Å²) in [6.07, 6.45) is 17.6. The van der Waals surface area contributed by atoms with Crippen LogP contribution in [0.25, 0.3) is 0 Å². The van der Waals surface area contributed by atoms with Crippen LogP contribution in [0.2, 0.25) is 0 Å². The molecule has 0 aromatic rings. The molecule has 0 saturated heterocycles. The Balaban J connectivity index is 3.00. The molecule has 122 valence electrons. The third kappa shape index (κ3) is 5.93. The second-order valence-electron chi connectivity index (χ2n) is 6.91. The molecule has 0 amide bonds. The van der Waals surface area contributed by atoms with E-state index < -0.39 is 0 Å². The molecule has 0 nitrogen and oxygen atoms in total. The second kappa shape index (κ2) is 8.56. The highest BCUT2D eigenvalue weighted by atomic mass is 14.3. The molecule has 1 unspecified atom stereocenters. The highest BCUT2D eigenvalue weighted by Crippen LogP contribution is 2.42. The minimum Gasteiger partial charge on any atom is -0.116 e.